The van der Waals surface area contributed by atoms with Crippen LogP contribution in [0.5, 0.6) is 0 Å². The minimum Gasteiger partial charge on any atom is -0.298 e. The molecule has 2 aliphatic rings. The van der Waals surface area contributed by atoms with E-state index in [9.17, 15) is 14.0 Å². The average Bonchev–Trinajstić information content (AvgIpc) is 3.02. The number of benzene rings is 2. The number of Topliss-reactive ketones (excluding diaryl/α,β-unsaturated/α-hetero) is 2. The fraction of sp³-hybridized carbons (Fsp3) is 0.300. The largest absolute Gasteiger partial charge is 0.298 e. The lowest BCUT2D eigenvalue weighted by molar-refractivity contribution is -0.135. The maximum atomic E-state index is 14.2. The van der Waals surface area contributed by atoms with Gasteiger partial charge in [-0.1, -0.05) is 29.3 Å². The van der Waals surface area contributed by atoms with Gasteiger partial charge < -0.3 is 0 Å². The molecular weight excluding hydrogens is 362 g/mol. The molecule has 0 aromatic heterocycles. The second kappa shape index (κ2) is 6.22. The minimum atomic E-state index is -0.825. The molecule has 4 rings (SSSR count). The molecular formula is C20H15Cl2FO2. The highest BCUT2D eigenvalue weighted by atomic mass is 35.5. The lowest BCUT2D eigenvalue weighted by atomic mass is 9.75. The fourth-order valence-corrected chi connectivity index (χ4v) is 4.46. The molecule has 2 bridgehead atoms. The van der Waals surface area contributed by atoms with E-state index in [1.807, 2.05) is 0 Å². The standard InChI is InChI=1S/C20H15Cl2FO2/c21-13-4-5-14(17(23)9-13)10-3-6-16(22)15(8-10)18-19(24)11-1-2-12(7-11)20(18)25/h3-6,8-9,11-12,18H,1-2,7H2/t11-,12+,18?. The first-order chi connectivity index (χ1) is 12.0. The van der Waals surface area contributed by atoms with E-state index in [1.54, 1.807) is 30.3 Å². The van der Waals surface area contributed by atoms with Crippen LogP contribution in [0.15, 0.2) is 36.4 Å². The lowest BCUT2D eigenvalue weighted by Gasteiger charge is -2.26. The van der Waals surface area contributed by atoms with Crippen molar-refractivity contribution in [2.75, 3.05) is 0 Å². The van der Waals surface area contributed by atoms with Gasteiger partial charge in [0.15, 0.2) is 11.6 Å². The number of carbonyl (C=O) groups excluding carboxylic acids is 2. The molecule has 0 spiro atoms. The first kappa shape index (κ1) is 16.7. The van der Waals surface area contributed by atoms with Crippen LogP contribution >= 0.6 is 23.2 Å². The summed E-state index contributed by atoms with van der Waals surface area (Å²) in [5, 5.41) is 0.677. The molecule has 0 aliphatic heterocycles. The van der Waals surface area contributed by atoms with Crippen molar-refractivity contribution in [1.29, 1.82) is 0 Å². The molecule has 2 aliphatic carbocycles. The molecule has 1 unspecified atom stereocenters. The quantitative estimate of drug-likeness (QED) is 0.652. The van der Waals surface area contributed by atoms with Crippen molar-refractivity contribution < 1.29 is 14.0 Å². The molecule has 3 atom stereocenters. The Kier molecular flexibility index (Phi) is 4.17. The van der Waals surface area contributed by atoms with Crippen LogP contribution in [0.25, 0.3) is 11.1 Å². The lowest BCUT2D eigenvalue weighted by Crippen LogP contribution is -2.35. The normalized spacial score (nSPS) is 25.5. The van der Waals surface area contributed by atoms with E-state index in [4.69, 9.17) is 23.2 Å². The van der Waals surface area contributed by atoms with Crippen LogP contribution in [-0.2, 0) is 9.59 Å². The molecule has 0 heterocycles. The van der Waals surface area contributed by atoms with E-state index in [0.717, 1.165) is 12.8 Å². The monoisotopic (exact) mass is 376 g/mol. The van der Waals surface area contributed by atoms with Gasteiger partial charge in [-0.3, -0.25) is 9.59 Å². The van der Waals surface area contributed by atoms with Gasteiger partial charge in [-0.25, -0.2) is 4.39 Å². The number of carbonyl (C=O) groups is 2. The SMILES string of the molecule is O=C1C(c2cc(-c3ccc(Cl)cc3F)ccc2Cl)C(=O)[C@H]2CC[C@@H]1C2. The summed E-state index contributed by atoms with van der Waals surface area (Å²) >= 11 is 12.1. The summed E-state index contributed by atoms with van der Waals surface area (Å²) < 4.78 is 14.2. The summed E-state index contributed by atoms with van der Waals surface area (Å²) in [5.74, 6) is -1.49. The maximum absolute atomic E-state index is 14.2. The van der Waals surface area contributed by atoms with E-state index in [-0.39, 0.29) is 23.4 Å². The Bertz CT molecular complexity index is 871. The highest BCUT2D eigenvalue weighted by molar-refractivity contribution is 6.32. The van der Waals surface area contributed by atoms with Gasteiger partial charge in [-0.15, -0.1) is 0 Å². The Morgan fingerprint density at radius 1 is 0.920 bits per heavy atom. The molecule has 2 nitrogen and oxygen atoms in total. The number of hydrogen-bond acceptors (Lipinski definition) is 2. The van der Waals surface area contributed by atoms with E-state index < -0.39 is 11.7 Å². The van der Waals surface area contributed by atoms with Crippen molar-refractivity contribution in [3.63, 3.8) is 0 Å². The molecule has 0 radical (unpaired) electrons. The van der Waals surface area contributed by atoms with Crippen molar-refractivity contribution in [3.8, 4) is 11.1 Å². The molecule has 25 heavy (non-hydrogen) atoms. The van der Waals surface area contributed by atoms with Gasteiger partial charge in [-0.05, 0) is 60.7 Å². The van der Waals surface area contributed by atoms with Crippen molar-refractivity contribution >= 4 is 34.8 Å². The van der Waals surface area contributed by atoms with Crippen molar-refractivity contribution in [2.24, 2.45) is 11.8 Å². The summed E-state index contributed by atoms with van der Waals surface area (Å²) in [7, 11) is 0. The van der Waals surface area contributed by atoms with Crippen LogP contribution in [0, 0.1) is 17.7 Å². The Balaban J connectivity index is 1.80. The molecule has 2 saturated carbocycles. The van der Waals surface area contributed by atoms with E-state index in [0.29, 0.717) is 33.2 Å². The molecule has 0 N–H and O–H groups in total. The third-order valence-corrected chi connectivity index (χ3v) is 5.93. The number of rotatable bonds is 2. The molecule has 2 aromatic rings. The molecule has 2 aromatic carbocycles. The molecule has 0 saturated heterocycles. The van der Waals surface area contributed by atoms with Crippen LogP contribution < -0.4 is 0 Å². The smallest absolute Gasteiger partial charge is 0.150 e. The van der Waals surface area contributed by atoms with Gasteiger partial charge >= 0.3 is 0 Å². The topological polar surface area (TPSA) is 34.1 Å². The maximum Gasteiger partial charge on any atom is 0.150 e. The Morgan fingerprint density at radius 2 is 1.60 bits per heavy atom. The molecule has 2 fully saturated rings. The number of fused-ring (bicyclic) bond motifs is 2. The Labute approximate surface area is 154 Å². The first-order valence-corrected chi connectivity index (χ1v) is 9.03. The number of halogens is 3. The van der Waals surface area contributed by atoms with Crippen LogP contribution in [0.1, 0.15) is 30.7 Å². The van der Waals surface area contributed by atoms with Crippen LogP contribution in [0.3, 0.4) is 0 Å². The number of hydrogen-bond donors (Lipinski definition) is 0. The predicted molar refractivity (Wildman–Crippen MR) is 95.4 cm³/mol. The first-order valence-electron chi connectivity index (χ1n) is 8.28. The average molecular weight is 377 g/mol. The van der Waals surface area contributed by atoms with Gasteiger partial charge in [0.1, 0.15) is 11.7 Å². The van der Waals surface area contributed by atoms with Crippen LogP contribution in [0.4, 0.5) is 4.39 Å². The van der Waals surface area contributed by atoms with Gasteiger partial charge in [0.05, 0.1) is 0 Å². The molecule has 5 heteroatoms. The zero-order chi connectivity index (χ0) is 17.7. The minimum absolute atomic E-state index is 0.0469. The van der Waals surface area contributed by atoms with Gasteiger partial charge in [-0.2, -0.15) is 0 Å². The highest BCUT2D eigenvalue weighted by Gasteiger charge is 2.47. The highest BCUT2D eigenvalue weighted by Crippen LogP contribution is 2.45. The van der Waals surface area contributed by atoms with E-state index >= 15 is 0 Å². The van der Waals surface area contributed by atoms with Crippen LogP contribution in [0.2, 0.25) is 10.0 Å². The number of ketones is 2. The third kappa shape index (κ3) is 2.80. The van der Waals surface area contributed by atoms with Gasteiger partial charge in [0.2, 0.25) is 0 Å². The fourth-order valence-electron chi connectivity index (χ4n) is 4.07. The summed E-state index contributed by atoms with van der Waals surface area (Å²) in [6.45, 7) is 0. The second-order valence-electron chi connectivity index (χ2n) is 6.81. The van der Waals surface area contributed by atoms with Crippen molar-refractivity contribution in [1.82, 2.24) is 0 Å². The van der Waals surface area contributed by atoms with E-state index in [2.05, 4.69) is 0 Å². The Morgan fingerprint density at radius 3 is 2.24 bits per heavy atom. The molecule has 128 valence electrons. The predicted octanol–water partition coefficient (Wildman–Crippen LogP) is 5.45. The summed E-state index contributed by atoms with van der Waals surface area (Å²) in [4.78, 5) is 25.5. The summed E-state index contributed by atoms with van der Waals surface area (Å²) in [6.07, 6.45) is 2.21. The van der Waals surface area contributed by atoms with Gasteiger partial charge in [0.25, 0.3) is 0 Å². The molecule has 0 amide bonds. The zero-order valence-electron chi connectivity index (χ0n) is 13.3. The van der Waals surface area contributed by atoms with Crippen LogP contribution in [-0.4, -0.2) is 11.6 Å². The second-order valence-corrected chi connectivity index (χ2v) is 7.65. The van der Waals surface area contributed by atoms with Crippen molar-refractivity contribution in [3.05, 3.63) is 57.8 Å². The third-order valence-electron chi connectivity index (χ3n) is 5.36. The van der Waals surface area contributed by atoms with Crippen molar-refractivity contribution in [2.45, 2.75) is 25.2 Å². The summed E-state index contributed by atoms with van der Waals surface area (Å²) in [6, 6.07) is 9.40. The Hall–Kier alpha value is -1.71. The summed E-state index contributed by atoms with van der Waals surface area (Å²) in [5.41, 5.74) is 1.42. The van der Waals surface area contributed by atoms with E-state index in [1.165, 1.54) is 6.07 Å². The van der Waals surface area contributed by atoms with Gasteiger partial charge in [0, 0.05) is 27.4 Å². The zero-order valence-corrected chi connectivity index (χ0v) is 14.8.